The minimum atomic E-state index is -3.64. The third-order valence-electron chi connectivity index (χ3n) is 4.52. The van der Waals surface area contributed by atoms with Crippen LogP contribution in [0.2, 0.25) is 0 Å². The molecule has 116 valence electrons. The third-order valence-corrected chi connectivity index (χ3v) is 5.84. The molecule has 0 unspecified atom stereocenters. The summed E-state index contributed by atoms with van der Waals surface area (Å²) in [6.07, 6.45) is -2.97. The van der Waals surface area contributed by atoms with Gasteiger partial charge in [-0.3, -0.25) is 0 Å². The highest BCUT2D eigenvalue weighted by molar-refractivity contribution is 8.00. The lowest BCUT2D eigenvalue weighted by Crippen LogP contribution is -2.71. The van der Waals surface area contributed by atoms with Gasteiger partial charge >= 0.3 is 5.92 Å². The average molecular weight is 318 g/mol. The predicted molar refractivity (Wildman–Crippen MR) is 72.4 cm³/mol. The number of rotatable bonds is 3. The van der Waals surface area contributed by atoms with Gasteiger partial charge in [-0.1, -0.05) is 18.2 Å². The second-order valence-electron chi connectivity index (χ2n) is 5.63. The molecule has 0 aliphatic carbocycles. The van der Waals surface area contributed by atoms with Gasteiger partial charge < -0.3 is 20.1 Å². The van der Waals surface area contributed by atoms with E-state index in [4.69, 9.17) is 4.74 Å². The predicted octanol–water partition coefficient (Wildman–Crippen LogP) is 1.04. The van der Waals surface area contributed by atoms with E-state index >= 15 is 0 Å². The first-order valence-corrected chi connectivity index (χ1v) is 7.44. The minimum Gasteiger partial charge on any atom is -0.393 e. The normalized spacial score (nSPS) is 44.2. The molecule has 5 atom stereocenters. The van der Waals surface area contributed by atoms with Gasteiger partial charge in [0.05, 0.1) is 11.9 Å². The Morgan fingerprint density at radius 1 is 1.29 bits per heavy atom. The Balaban J connectivity index is 1.95. The minimum absolute atomic E-state index is 0.727. The van der Waals surface area contributed by atoms with E-state index in [0.29, 0.717) is 0 Å². The van der Waals surface area contributed by atoms with Gasteiger partial charge in [0.1, 0.15) is 17.8 Å². The van der Waals surface area contributed by atoms with Crippen LogP contribution in [0.3, 0.4) is 0 Å². The van der Waals surface area contributed by atoms with Crippen LogP contribution in [-0.2, 0) is 4.74 Å². The molecule has 7 heteroatoms. The van der Waals surface area contributed by atoms with Crippen molar-refractivity contribution in [3.63, 3.8) is 0 Å². The van der Waals surface area contributed by atoms with Crippen LogP contribution in [0.5, 0.6) is 0 Å². The third kappa shape index (κ3) is 1.75. The maximum absolute atomic E-state index is 14.4. The number of hydrogen-bond acceptors (Lipinski definition) is 5. The lowest BCUT2D eigenvalue weighted by atomic mass is 9.71. The van der Waals surface area contributed by atoms with Crippen molar-refractivity contribution in [3.8, 4) is 0 Å². The highest BCUT2D eigenvalue weighted by atomic mass is 32.2. The topological polar surface area (TPSA) is 69.9 Å². The lowest BCUT2D eigenvalue weighted by Gasteiger charge is -2.45. The molecular weight excluding hydrogens is 302 g/mol. The number of benzene rings is 1. The fraction of sp³-hybridized carbons (Fsp3) is 0.571. The van der Waals surface area contributed by atoms with Crippen molar-refractivity contribution >= 4 is 11.8 Å². The molecule has 1 aromatic rings. The van der Waals surface area contributed by atoms with Gasteiger partial charge in [0, 0.05) is 4.90 Å². The summed E-state index contributed by atoms with van der Waals surface area (Å²) in [5, 5.41) is 28.8. The van der Waals surface area contributed by atoms with Crippen LogP contribution >= 0.6 is 11.8 Å². The Morgan fingerprint density at radius 2 is 1.90 bits per heavy atom. The molecule has 2 bridgehead atoms. The molecule has 2 heterocycles. The summed E-state index contributed by atoms with van der Waals surface area (Å²) in [5.41, 5.74) is -4.68. The SMILES string of the molecule is C[C@]12O[C@H]([C@H](Sc3ccccc3)[C@H]1O)C(F)(F)[C@]2(O)CO. The smallest absolute Gasteiger partial charge is 0.308 e. The molecular formula is C14H16F2O4S. The number of thioether (sulfide) groups is 1. The zero-order valence-corrected chi connectivity index (χ0v) is 12.1. The fourth-order valence-corrected chi connectivity index (χ4v) is 4.48. The van der Waals surface area contributed by atoms with Gasteiger partial charge in [0.15, 0.2) is 5.60 Å². The van der Waals surface area contributed by atoms with Crippen LogP contribution in [0, 0.1) is 0 Å². The van der Waals surface area contributed by atoms with E-state index in [0.717, 1.165) is 16.7 Å². The molecule has 3 N–H and O–H groups in total. The maximum Gasteiger partial charge on any atom is 0.308 e. The summed E-state index contributed by atoms with van der Waals surface area (Å²) in [4.78, 5) is 0.727. The molecule has 0 radical (unpaired) electrons. The molecule has 2 saturated heterocycles. The van der Waals surface area contributed by atoms with E-state index in [1.165, 1.54) is 6.92 Å². The first kappa shape index (κ1) is 15.2. The molecule has 3 rings (SSSR count). The van der Waals surface area contributed by atoms with Gasteiger partial charge in [-0.25, -0.2) is 8.78 Å². The summed E-state index contributed by atoms with van der Waals surface area (Å²) in [6.45, 7) is 0.0418. The van der Waals surface area contributed by atoms with E-state index in [-0.39, 0.29) is 0 Å². The largest absolute Gasteiger partial charge is 0.393 e. The highest BCUT2D eigenvalue weighted by Gasteiger charge is 2.83. The Bertz CT molecular complexity index is 543. The van der Waals surface area contributed by atoms with Crippen molar-refractivity contribution in [2.75, 3.05) is 6.61 Å². The van der Waals surface area contributed by atoms with Crippen LogP contribution in [0.15, 0.2) is 35.2 Å². The molecule has 2 aliphatic rings. The van der Waals surface area contributed by atoms with Crippen LogP contribution < -0.4 is 0 Å². The fourth-order valence-electron chi connectivity index (χ4n) is 3.11. The van der Waals surface area contributed by atoms with Gasteiger partial charge in [-0.05, 0) is 19.1 Å². The average Bonchev–Trinajstić information content (AvgIpc) is 2.81. The van der Waals surface area contributed by atoms with E-state index in [1.807, 2.05) is 0 Å². The van der Waals surface area contributed by atoms with E-state index < -0.39 is 41.2 Å². The summed E-state index contributed by atoms with van der Waals surface area (Å²) in [7, 11) is 0. The van der Waals surface area contributed by atoms with Crippen molar-refractivity contribution in [1.82, 2.24) is 0 Å². The standard InChI is InChI=1S/C14H16F2O4S/c1-12-10(18)9(21-8-5-3-2-4-6-8)11(20-12)14(15,16)13(12,19)7-17/h2-6,9-11,17-19H,7H2,1H3/t9-,10-,11-,12+,13+/m1/s1. The van der Waals surface area contributed by atoms with Gasteiger partial charge in [0.25, 0.3) is 0 Å². The Hall–Kier alpha value is -0.730. The molecule has 0 saturated carbocycles. The Kier molecular flexibility index (Phi) is 3.35. The van der Waals surface area contributed by atoms with Crippen molar-refractivity contribution in [2.45, 2.75) is 46.4 Å². The summed E-state index contributed by atoms with van der Waals surface area (Å²) in [5.74, 6) is -3.64. The number of halogens is 2. The van der Waals surface area contributed by atoms with Gasteiger partial charge in [0.2, 0.25) is 0 Å². The first-order chi connectivity index (χ1) is 9.78. The molecule has 1 aromatic carbocycles. The number of fused-ring (bicyclic) bond motifs is 2. The van der Waals surface area contributed by atoms with Crippen molar-refractivity contribution < 1.29 is 28.8 Å². The van der Waals surface area contributed by atoms with Crippen molar-refractivity contribution in [1.29, 1.82) is 0 Å². The maximum atomic E-state index is 14.4. The Labute approximate surface area is 124 Å². The van der Waals surface area contributed by atoms with Crippen LogP contribution in [-0.4, -0.2) is 56.5 Å². The Morgan fingerprint density at radius 3 is 2.48 bits per heavy atom. The zero-order valence-electron chi connectivity index (χ0n) is 11.2. The van der Waals surface area contributed by atoms with Crippen molar-refractivity contribution in [2.24, 2.45) is 0 Å². The van der Waals surface area contributed by atoms with Crippen LogP contribution in [0.4, 0.5) is 8.78 Å². The monoisotopic (exact) mass is 318 g/mol. The summed E-state index contributed by atoms with van der Waals surface area (Å²) < 4.78 is 34.0. The van der Waals surface area contributed by atoms with Gasteiger partial charge in [-0.15, -0.1) is 11.8 Å². The van der Waals surface area contributed by atoms with E-state index in [9.17, 15) is 24.1 Å². The number of aliphatic hydroxyl groups excluding tert-OH is 2. The molecule has 0 spiro atoms. The molecule has 21 heavy (non-hydrogen) atoms. The number of aliphatic hydroxyl groups is 3. The number of ether oxygens (including phenoxy) is 1. The molecule has 2 fully saturated rings. The number of alkyl halides is 2. The summed E-state index contributed by atoms with van der Waals surface area (Å²) >= 11 is 1.09. The molecule has 0 amide bonds. The molecule has 2 aliphatic heterocycles. The molecule has 4 nitrogen and oxygen atoms in total. The van der Waals surface area contributed by atoms with Crippen LogP contribution in [0.25, 0.3) is 0 Å². The second-order valence-corrected chi connectivity index (χ2v) is 6.88. The van der Waals surface area contributed by atoms with Crippen molar-refractivity contribution in [3.05, 3.63) is 30.3 Å². The quantitative estimate of drug-likeness (QED) is 0.777. The summed E-state index contributed by atoms with van der Waals surface area (Å²) in [6, 6.07) is 8.85. The van der Waals surface area contributed by atoms with E-state index in [2.05, 4.69) is 0 Å². The molecule has 0 aromatic heterocycles. The van der Waals surface area contributed by atoms with Gasteiger partial charge in [-0.2, -0.15) is 0 Å². The number of hydrogen-bond donors (Lipinski definition) is 3. The van der Waals surface area contributed by atoms with Crippen LogP contribution in [0.1, 0.15) is 6.92 Å². The van der Waals surface area contributed by atoms with E-state index in [1.54, 1.807) is 30.3 Å². The second kappa shape index (κ2) is 4.63. The zero-order chi connectivity index (χ0) is 15.5. The highest BCUT2D eigenvalue weighted by Crippen LogP contribution is 2.61. The first-order valence-electron chi connectivity index (χ1n) is 6.56. The lowest BCUT2D eigenvalue weighted by molar-refractivity contribution is -0.237.